The van der Waals surface area contributed by atoms with Crippen LogP contribution < -0.4 is 0 Å². The first kappa shape index (κ1) is 23.1. The Bertz CT molecular complexity index is 1050. The number of nitro benzene ring substituents is 1. The summed E-state index contributed by atoms with van der Waals surface area (Å²) in [5.41, 5.74) is -2.16. The fourth-order valence-electron chi connectivity index (χ4n) is 4.25. The number of rotatable bonds is 8. The molecule has 10 heteroatoms. The Labute approximate surface area is 178 Å². The standard InChI is InChI=1S/C21H20N4O6/c1-13-17(19(26)27)21(8-4-9-22,15-6-3-7-16(12-15)25(30)31)18(20(28)29)14(2)24(13)11-5-10-23/h3,6-7,12H,4-5,8,11H2,1-2H3,(H,26,27)(H,28,29). The molecule has 0 unspecified atom stereocenters. The third kappa shape index (κ3) is 3.96. The Balaban J connectivity index is 3.01. The van der Waals surface area contributed by atoms with Gasteiger partial charge >= 0.3 is 11.9 Å². The van der Waals surface area contributed by atoms with E-state index >= 15 is 0 Å². The minimum atomic E-state index is -1.79. The molecule has 0 saturated heterocycles. The number of nitriles is 2. The summed E-state index contributed by atoms with van der Waals surface area (Å²) < 4.78 is 0. The van der Waals surface area contributed by atoms with E-state index in [0.29, 0.717) is 0 Å². The van der Waals surface area contributed by atoms with E-state index in [9.17, 15) is 35.2 Å². The van der Waals surface area contributed by atoms with Crippen LogP contribution in [0.1, 0.15) is 38.7 Å². The van der Waals surface area contributed by atoms with E-state index in [4.69, 9.17) is 5.26 Å². The van der Waals surface area contributed by atoms with Crippen molar-refractivity contribution in [2.45, 2.75) is 38.5 Å². The lowest BCUT2D eigenvalue weighted by Crippen LogP contribution is -2.46. The molecule has 1 aromatic rings. The molecule has 1 heterocycles. The highest BCUT2D eigenvalue weighted by atomic mass is 16.6. The molecular weight excluding hydrogens is 404 g/mol. The van der Waals surface area contributed by atoms with Crippen molar-refractivity contribution in [2.24, 2.45) is 0 Å². The molecule has 0 saturated carbocycles. The zero-order valence-corrected chi connectivity index (χ0v) is 17.0. The fraction of sp³-hybridized carbons (Fsp3) is 0.333. The minimum Gasteiger partial charge on any atom is -0.478 e. The third-order valence-electron chi connectivity index (χ3n) is 5.42. The number of carboxylic acid groups (broad SMARTS) is 2. The van der Waals surface area contributed by atoms with Crippen LogP contribution in [0.2, 0.25) is 0 Å². The maximum atomic E-state index is 12.4. The summed E-state index contributed by atoms with van der Waals surface area (Å²) in [7, 11) is 0. The van der Waals surface area contributed by atoms with E-state index in [-0.39, 0.29) is 59.6 Å². The molecule has 0 fully saturated rings. The van der Waals surface area contributed by atoms with Gasteiger partial charge in [0.05, 0.1) is 40.0 Å². The summed E-state index contributed by atoms with van der Waals surface area (Å²) in [6.07, 6.45) is -0.361. The quantitative estimate of drug-likeness (QED) is 0.470. The smallest absolute Gasteiger partial charge is 0.334 e. The average molecular weight is 424 g/mol. The molecule has 2 rings (SSSR count). The van der Waals surface area contributed by atoms with Crippen molar-refractivity contribution < 1.29 is 24.7 Å². The van der Waals surface area contributed by atoms with Gasteiger partial charge < -0.3 is 15.1 Å². The molecule has 0 spiro atoms. The van der Waals surface area contributed by atoms with Gasteiger partial charge in [0, 0.05) is 36.5 Å². The van der Waals surface area contributed by atoms with Crippen LogP contribution in [0.4, 0.5) is 5.69 Å². The largest absolute Gasteiger partial charge is 0.478 e. The molecule has 1 aliphatic rings. The Morgan fingerprint density at radius 2 is 1.65 bits per heavy atom. The second-order valence-electron chi connectivity index (χ2n) is 6.96. The summed E-state index contributed by atoms with van der Waals surface area (Å²) >= 11 is 0. The van der Waals surface area contributed by atoms with Crippen LogP contribution >= 0.6 is 0 Å². The maximum Gasteiger partial charge on any atom is 0.334 e. The van der Waals surface area contributed by atoms with Gasteiger partial charge in [0.1, 0.15) is 0 Å². The third-order valence-corrected chi connectivity index (χ3v) is 5.42. The molecule has 1 aliphatic heterocycles. The Morgan fingerprint density at radius 1 is 1.10 bits per heavy atom. The Hall–Kier alpha value is -4.18. The number of carboxylic acids is 2. The highest BCUT2D eigenvalue weighted by Crippen LogP contribution is 2.50. The van der Waals surface area contributed by atoms with Crippen molar-refractivity contribution in [1.29, 1.82) is 10.5 Å². The second-order valence-corrected chi connectivity index (χ2v) is 6.96. The predicted molar refractivity (Wildman–Crippen MR) is 107 cm³/mol. The first-order chi connectivity index (χ1) is 14.6. The summed E-state index contributed by atoms with van der Waals surface area (Å²) in [6, 6.07) is 9.02. The number of allylic oxidation sites excluding steroid dienone is 2. The molecule has 1 aromatic carbocycles. The van der Waals surface area contributed by atoms with Crippen molar-refractivity contribution in [3.8, 4) is 12.1 Å². The first-order valence-electron chi connectivity index (χ1n) is 9.29. The van der Waals surface area contributed by atoms with Crippen LogP contribution in [0.25, 0.3) is 0 Å². The van der Waals surface area contributed by atoms with Crippen molar-refractivity contribution in [1.82, 2.24) is 4.90 Å². The van der Waals surface area contributed by atoms with E-state index in [1.165, 1.54) is 36.9 Å². The van der Waals surface area contributed by atoms with Crippen molar-refractivity contribution in [3.63, 3.8) is 0 Å². The second kappa shape index (κ2) is 9.09. The molecule has 31 heavy (non-hydrogen) atoms. The van der Waals surface area contributed by atoms with Crippen molar-refractivity contribution in [2.75, 3.05) is 6.54 Å². The summed E-state index contributed by atoms with van der Waals surface area (Å²) in [6.45, 7) is 3.08. The zero-order valence-electron chi connectivity index (χ0n) is 17.0. The number of benzene rings is 1. The summed E-state index contributed by atoms with van der Waals surface area (Å²) in [5, 5.41) is 49.8. The number of non-ortho nitro benzene ring substituents is 1. The zero-order chi connectivity index (χ0) is 23.3. The molecule has 10 nitrogen and oxygen atoms in total. The molecule has 0 radical (unpaired) electrons. The van der Waals surface area contributed by atoms with E-state index in [0.717, 1.165) is 6.07 Å². The monoisotopic (exact) mass is 424 g/mol. The number of carbonyl (C=O) groups is 2. The number of hydrogen-bond donors (Lipinski definition) is 2. The summed E-state index contributed by atoms with van der Waals surface area (Å²) in [4.78, 5) is 37.0. The lowest BCUT2D eigenvalue weighted by atomic mass is 9.63. The number of aliphatic carboxylic acids is 2. The van der Waals surface area contributed by atoms with E-state index in [1.807, 2.05) is 12.1 Å². The minimum absolute atomic E-state index is 0.0243. The fourth-order valence-corrected chi connectivity index (χ4v) is 4.25. The normalized spacial score (nSPS) is 15.3. The molecule has 160 valence electrons. The van der Waals surface area contributed by atoms with Gasteiger partial charge in [-0.3, -0.25) is 10.1 Å². The average Bonchev–Trinajstić information content (AvgIpc) is 2.71. The molecule has 2 N–H and O–H groups in total. The van der Waals surface area contributed by atoms with E-state index in [2.05, 4.69) is 0 Å². The molecular formula is C21H20N4O6. The van der Waals surface area contributed by atoms with E-state index in [1.54, 1.807) is 0 Å². The topological polar surface area (TPSA) is 169 Å². The highest BCUT2D eigenvalue weighted by Gasteiger charge is 2.51. The van der Waals surface area contributed by atoms with Crippen LogP contribution in [-0.4, -0.2) is 38.5 Å². The van der Waals surface area contributed by atoms with Crippen LogP contribution in [0.3, 0.4) is 0 Å². The SMILES string of the molecule is CC1=C(C(=O)O)C(CCC#N)(c2cccc([N+](=O)[O-])c2)C(C(=O)O)=C(C)N1CCC#N. The molecule has 0 bridgehead atoms. The van der Waals surface area contributed by atoms with Crippen LogP contribution in [0.15, 0.2) is 46.8 Å². The Morgan fingerprint density at radius 3 is 2.10 bits per heavy atom. The van der Waals surface area contributed by atoms with Crippen molar-refractivity contribution >= 4 is 17.6 Å². The van der Waals surface area contributed by atoms with Gasteiger partial charge in [0.15, 0.2) is 0 Å². The van der Waals surface area contributed by atoms with Gasteiger partial charge in [-0.05, 0) is 25.8 Å². The highest BCUT2D eigenvalue weighted by molar-refractivity contribution is 6.00. The molecule has 0 atom stereocenters. The van der Waals surface area contributed by atoms with Gasteiger partial charge in [0.25, 0.3) is 5.69 Å². The molecule has 0 amide bonds. The first-order valence-corrected chi connectivity index (χ1v) is 9.29. The van der Waals surface area contributed by atoms with E-state index < -0.39 is 22.3 Å². The van der Waals surface area contributed by atoms with Gasteiger partial charge in [-0.1, -0.05) is 12.1 Å². The predicted octanol–water partition coefficient (Wildman–Crippen LogP) is 3.08. The van der Waals surface area contributed by atoms with Gasteiger partial charge in [-0.25, -0.2) is 9.59 Å². The van der Waals surface area contributed by atoms with Crippen LogP contribution in [0.5, 0.6) is 0 Å². The Kier molecular flexibility index (Phi) is 6.78. The number of hydrogen-bond acceptors (Lipinski definition) is 7. The van der Waals surface area contributed by atoms with Crippen LogP contribution in [-0.2, 0) is 15.0 Å². The summed E-state index contributed by atoms with van der Waals surface area (Å²) in [5.74, 6) is -2.81. The van der Waals surface area contributed by atoms with Gasteiger partial charge in [0.2, 0.25) is 0 Å². The van der Waals surface area contributed by atoms with Crippen molar-refractivity contribution in [3.05, 3.63) is 62.5 Å². The number of nitro groups is 1. The maximum absolute atomic E-state index is 12.4. The van der Waals surface area contributed by atoms with Gasteiger partial charge in [-0.2, -0.15) is 10.5 Å². The number of nitrogens with zero attached hydrogens (tertiary/aromatic N) is 4. The van der Waals surface area contributed by atoms with Crippen LogP contribution in [0, 0.1) is 32.8 Å². The molecule has 0 aromatic heterocycles. The molecule has 0 aliphatic carbocycles. The lowest BCUT2D eigenvalue weighted by Gasteiger charge is -2.44. The van der Waals surface area contributed by atoms with Gasteiger partial charge in [-0.15, -0.1) is 0 Å². The lowest BCUT2D eigenvalue weighted by molar-refractivity contribution is -0.385.